The molecule has 2 rings (SSSR count). The van der Waals surface area contributed by atoms with E-state index in [1.807, 2.05) is 30.3 Å². The summed E-state index contributed by atoms with van der Waals surface area (Å²) >= 11 is 0. The van der Waals surface area contributed by atoms with Gasteiger partial charge in [0.2, 0.25) is 11.8 Å². The predicted molar refractivity (Wildman–Crippen MR) is 74.1 cm³/mol. The van der Waals surface area contributed by atoms with E-state index in [4.69, 9.17) is 5.73 Å². The van der Waals surface area contributed by atoms with Crippen molar-refractivity contribution in [3.63, 3.8) is 0 Å². The van der Waals surface area contributed by atoms with E-state index in [0.717, 1.165) is 11.3 Å². The highest BCUT2D eigenvalue weighted by molar-refractivity contribution is 5.84. The summed E-state index contributed by atoms with van der Waals surface area (Å²) in [6.07, 6.45) is 3.63. The van der Waals surface area contributed by atoms with Crippen LogP contribution in [0, 0.1) is 0 Å². The summed E-state index contributed by atoms with van der Waals surface area (Å²) in [6.45, 7) is -0.0777. The van der Waals surface area contributed by atoms with E-state index in [1.165, 1.54) is 4.90 Å². The van der Waals surface area contributed by atoms with Crippen LogP contribution < -0.4 is 5.73 Å². The van der Waals surface area contributed by atoms with E-state index < -0.39 is 5.91 Å². The molecule has 0 spiro atoms. The molecule has 0 atom stereocenters. The van der Waals surface area contributed by atoms with Gasteiger partial charge in [0.1, 0.15) is 0 Å². The number of primary amides is 1. The van der Waals surface area contributed by atoms with Crippen molar-refractivity contribution in [1.29, 1.82) is 0 Å². The van der Waals surface area contributed by atoms with Crippen LogP contribution in [0.1, 0.15) is 5.56 Å². The molecule has 2 aromatic rings. The van der Waals surface area contributed by atoms with Gasteiger partial charge in [-0.3, -0.25) is 9.59 Å². The molecular weight excluding hydrogens is 256 g/mol. The molecule has 0 radical (unpaired) electrons. The van der Waals surface area contributed by atoms with Gasteiger partial charge in [0, 0.05) is 13.2 Å². The van der Waals surface area contributed by atoms with Gasteiger partial charge < -0.3 is 10.6 Å². The summed E-state index contributed by atoms with van der Waals surface area (Å²) in [6, 6.07) is 9.62. The Morgan fingerprint density at radius 3 is 2.65 bits per heavy atom. The fourth-order valence-corrected chi connectivity index (χ4v) is 1.80. The lowest BCUT2D eigenvalue weighted by atomic mass is 10.2. The summed E-state index contributed by atoms with van der Waals surface area (Å²) in [5.74, 6) is -0.697. The minimum Gasteiger partial charge on any atom is -0.368 e. The number of nitrogens with zero attached hydrogens (tertiary/aromatic N) is 3. The van der Waals surface area contributed by atoms with Crippen molar-refractivity contribution in [2.45, 2.75) is 6.42 Å². The quantitative estimate of drug-likeness (QED) is 0.853. The number of hydrogen-bond acceptors (Lipinski definition) is 3. The Bertz CT molecular complexity index is 607. The van der Waals surface area contributed by atoms with E-state index >= 15 is 0 Å². The van der Waals surface area contributed by atoms with Crippen LogP contribution in [-0.4, -0.2) is 40.1 Å². The topological polar surface area (TPSA) is 81.2 Å². The molecule has 0 aliphatic heterocycles. The van der Waals surface area contributed by atoms with E-state index in [9.17, 15) is 9.59 Å². The number of likely N-dealkylation sites (N-methyl/N-ethyl adjacent to an activating group) is 1. The molecule has 6 nitrogen and oxygen atoms in total. The van der Waals surface area contributed by atoms with Crippen LogP contribution in [0.25, 0.3) is 5.69 Å². The molecule has 104 valence electrons. The van der Waals surface area contributed by atoms with Crippen molar-refractivity contribution < 1.29 is 9.59 Å². The fourth-order valence-electron chi connectivity index (χ4n) is 1.80. The van der Waals surface area contributed by atoms with Crippen LogP contribution in [0.5, 0.6) is 0 Å². The van der Waals surface area contributed by atoms with E-state index in [0.29, 0.717) is 0 Å². The second kappa shape index (κ2) is 6.01. The Labute approximate surface area is 116 Å². The van der Waals surface area contributed by atoms with E-state index in [-0.39, 0.29) is 18.9 Å². The Morgan fingerprint density at radius 1 is 1.30 bits per heavy atom. The average Bonchev–Trinajstić information content (AvgIpc) is 2.87. The van der Waals surface area contributed by atoms with Crippen molar-refractivity contribution in [3.05, 3.63) is 48.3 Å². The molecule has 1 heterocycles. The maximum Gasteiger partial charge on any atom is 0.237 e. The van der Waals surface area contributed by atoms with Crippen molar-refractivity contribution >= 4 is 11.8 Å². The van der Waals surface area contributed by atoms with Crippen molar-refractivity contribution in [1.82, 2.24) is 14.7 Å². The number of amides is 2. The van der Waals surface area contributed by atoms with E-state index in [2.05, 4.69) is 5.10 Å². The lowest BCUT2D eigenvalue weighted by molar-refractivity contribution is -0.133. The summed E-state index contributed by atoms with van der Waals surface area (Å²) in [5, 5.41) is 4.21. The van der Waals surface area contributed by atoms with Crippen LogP contribution in [0.2, 0.25) is 0 Å². The molecule has 2 N–H and O–H groups in total. The van der Waals surface area contributed by atoms with Crippen LogP contribution in [0.4, 0.5) is 0 Å². The van der Waals surface area contributed by atoms with Crippen molar-refractivity contribution in [2.75, 3.05) is 13.6 Å². The minimum atomic E-state index is -0.527. The smallest absolute Gasteiger partial charge is 0.237 e. The molecule has 0 unspecified atom stereocenters. The molecule has 0 bridgehead atoms. The third-order valence-electron chi connectivity index (χ3n) is 2.83. The van der Waals surface area contributed by atoms with Gasteiger partial charge in [-0.2, -0.15) is 5.10 Å². The van der Waals surface area contributed by atoms with Gasteiger partial charge in [0.15, 0.2) is 0 Å². The minimum absolute atomic E-state index is 0.0777. The first-order valence-electron chi connectivity index (χ1n) is 6.17. The molecule has 0 aliphatic carbocycles. The van der Waals surface area contributed by atoms with Crippen LogP contribution in [-0.2, 0) is 16.0 Å². The van der Waals surface area contributed by atoms with Crippen LogP contribution in [0.3, 0.4) is 0 Å². The second-order valence-electron chi connectivity index (χ2n) is 4.52. The maximum absolute atomic E-state index is 11.9. The van der Waals surface area contributed by atoms with Crippen LogP contribution >= 0.6 is 0 Å². The van der Waals surface area contributed by atoms with Gasteiger partial charge in [0.05, 0.1) is 24.8 Å². The van der Waals surface area contributed by atoms with Gasteiger partial charge in [-0.05, 0) is 17.7 Å². The number of nitrogens with two attached hydrogens (primary N) is 1. The molecule has 1 aromatic carbocycles. The van der Waals surface area contributed by atoms with Gasteiger partial charge >= 0.3 is 0 Å². The van der Waals surface area contributed by atoms with Crippen molar-refractivity contribution in [2.24, 2.45) is 5.73 Å². The maximum atomic E-state index is 11.9. The number of hydrogen-bond donors (Lipinski definition) is 1. The third-order valence-corrected chi connectivity index (χ3v) is 2.83. The Morgan fingerprint density at radius 2 is 2.00 bits per heavy atom. The van der Waals surface area contributed by atoms with Gasteiger partial charge in [0.25, 0.3) is 0 Å². The number of carbonyl (C=O) groups is 2. The zero-order chi connectivity index (χ0) is 14.5. The zero-order valence-corrected chi connectivity index (χ0v) is 11.2. The Hall–Kier alpha value is -2.63. The average molecular weight is 272 g/mol. The normalized spacial score (nSPS) is 10.2. The van der Waals surface area contributed by atoms with Crippen molar-refractivity contribution in [3.8, 4) is 5.69 Å². The highest BCUT2D eigenvalue weighted by Gasteiger charge is 2.13. The second-order valence-corrected chi connectivity index (χ2v) is 4.52. The molecule has 0 saturated heterocycles. The molecule has 20 heavy (non-hydrogen) atoms. The summed E-state index contributed by atoms with van der Waals surface area (Å²) < 4.78 is 1.71. The van der Waals surface area contributed by atoms with Gasteiger partial charge in [-0.15, -0.1) is 0 Å². The summed E-state index contributed by atoms with van der Waals surface area (Å²) in [4.78, 5) is 24.0. The van der Waals surface area contributed by atoms with Crippen LogP contribution in [0.15, 0.2) is 42.7 Å². The largest absolute Gasteiger partial charge is 0.368 e. The number of rotatable bonds is 5. The first-order valence-corrected chi connectivity index (χ1v) is 6.17. The van der Waals surface area contributed by atoms with E-state index in [1.54, 1.807) is 24.1 Å². The SMILES string of the molecule is CN(CC(N)=O)C(=O)Cc1cnn(-c2ccccc2)c1. The summed E-state index contributed by atoms with van der Waals surface area (Å²) in [5.41, 5.74) is 6.77. The van der Waals surface area contributed by atoms with Gasteiger partial charge in [-0.1, -0.05) is 18.2 Å². The standard InChI is InChI=1S/C14H16N4O2/c1-17(10-13(15)19)14(20)7-11-8-16-18(9-11)12-5-3-2-4-6-12/h2-6,8-9H,7,10H2,1H3,(H2,15,19). The molecule has 0 fully saturated rings. The molecule has 0 saturated carbocycles. The summed E-state index contributed by atoms with van der Waals surface area (Å²) in [7, 11) is 1.55. The third kappa shape index (κ3) is 3.44. The fraction of sp³-hybridized carbons (Fsp3) is 0.214. The highest BCUT2D eigenvalue weighted by Crippen LogP contribution is 2.08. The molecular formula is C14H16N4O2. The molecule has 6 heteroatoms. The molecule has 1 aromatic heterocycles. The monoisotopic (exact) mass is 272 g/mol. The first kappa shape index (κ1) is 13.8. The molecule has 2 amide bonds. The zero-order valence-electron chi connectivity index (χ0n) is 11.2. The number of carbonyl (C=O) groups excluding carboxylic acids is 2. The predicted octanol–water partition coefficient (Wildman–Crippen LogP) is 0.359. The number of benzene rings is 1. The highest BCUT2D eigenvalue weighted by atomic mass is 16.2. The Balaban J connectivity index is 2.03. The molecule has 0 aliphatic rings. The number of para-hydroxylation sites is 1. The number of aromatic nitrogens is 2. The lowest BCUT2D eigenvalue weighted by Gasteiger charge is -2.14. The lowest BCUT2D eigenvalue weighted by Crippen LogP contribution is -2.36. The van der Waals surface area contributed by atoms with Gasteiger partial charge in [-0.25, -0.2) is 4.68 Å². The first-order chi connectivity index (χ1) is 9.56. The Kier molecular flexibility index (Phi) is 4.14.